The normalized spacial score (nSPS) is 18.9. The summed E-state index contributed by atoms with van der Waals surface area (Å²) in [6.45, 7) is 0. The van der Waals surface area contributed by atoms with Gasteiger partial charge in [-0.15, -0.1) is 0 Å². The van der Waals surface area contributed by atoms with Gasteiger partial charge >= 0.3 is 0 Å². The second kappa shape index (κ2) is 6.98. The smallest absolute Gasteiger partial charge is 0.226 e. The van der Waals surface area contributed by atoms with Crippen LogP contribution in [0.3, 0.4) is 0 Å². The summed E-state index contributed by atoms with van der Waals surface area (Å²) in [5.41, 5.74) is 5.11. The zero-order valence-corrected chi connectivity index (χ0v) is 16.8. The molecule has 6 rings (SSSR count). The van der Waals surface area contributed by atoms with Crippen molar-refractivity contribution in [3.05, 3.63) is 102 Å². The van der Waals surface area contributed by atoms with Crippen molar-refractivity contribution in [1.29, 1.82) is 0 Å². The summed E-state index contributed by atoms with van der Waals surface area (Å²) >= 11 is 0. The van der Waals surface area contributed by atoms with E-state index in [1.54, 1.807) is 19.6 Å². The summed E-state index contributed by atoms with van der Waals surface area (Å²) < 4.78 is 13.8. The van der Waals surface area contributed by atoms with E-state index in [1.165, 1.54) is 0 Å². The van der Waals surface area contributed by atoms with Crippen molar-refractivity contribution in [2.24, 2.45) is 0 Å². The molecule has 1 N–H and O–H groups in total. The maximum Gasteiger partial charge on any atom is 0.226 e. The van der Waals surface area contributed by atoms with Crippen molar-refractivity contribution in [2.45, 2.75) is 12.1 Å². The van der Waals surface area contributed by atoms with Gasteiger partial charge in [-0.05, 0) is 41.5 Å². The number of hydrogen-bond acceptors (Lipinski definition) is 6. The molecule has 2 atom stereocenters. The fourth-order valence-electron chi connectivity index (χ4n) is 4.33. The Morgan fingerprint density at radius 3 is 2.68 bits per heavy atom. The van der Waals surface area contributed by atoms with Crippen molar-refractivity contribution in [1.82, 2.24) is 19.7 Å². The van der Waals surface area contributed by atoms with E-state index < -0.39 is 0 Å². The van der Waals surface area contributed by atoms with Gasteiger partial charge in [-0.1, -0.05) is 30.3 Å². The molecule has 2 aliphatic rings. The van der Waals surface area contributed by atoms with Gasteiger partial charge in [0.25, 0.3) is 0 Å². The van der Waals surface area contributed by atoms with Crippen LogP contribution in [0.2, 0.25) is 0 Å². The molecule has 0 bridgehead atoms. The summed E-state index contributed by atoms with van der Waals surface area (Å²) in [4.78, 5) is 8.80. The number of hydrogen-bond donors (Lipinski definition) is 1. The van der Waals surface area contributed by atoms with Crippen LogP contribution in [0.4, 0.5) is 5.95 Å². The predicted molar refractivity (Wildman–Crippen MR) is 116 cm³/mol. The Balaban J connectivity index is 1.60. The maximum absolute atomic E-state index is 6.58. The lowest BCUT2D eigenvalue weighted by Gasteiger charge is -2.38. The second-order valence-corrected chi connectivity index (χ2v) is 7.44. The zero-order chi connectivity index (χ0) is 20.8. The Labute approximate surface area is 179 Å². The fourth-order valence-corrected chi connectivity index (χ4v) is 4.33. The topological polar surface area (TPSA) is 74.1 Å². The molecule has 0 saturated heterocycles. The maximum atomic E-state index is 6.58. The lowest BCUT2D eigenvalue weighted by molar-refractivity contribution is 0.223. The molecule has 0 saturated carbocycles. The van der Waals surface area contributed by atoms with Crippen LogP contribution in [-0.2, 0) is 0 Å². The van der Waals surface area contributed by atoms with Gasteiger partial charge in [0.05, 0.1) is 12.8 Å². The number of anilines is 1. The summed E-state index contributed by atoms with van der Waals surface area (Å²) in [5.74, 6) is 2.32. The number of nitrogens with one attached hydrogen (secondary N) is 1. The number of fused-ring (bicyclic) bond motifs is 3. The van der Waals surface area contributed by atoms with Crippen LogP contribution >= 0.6 is 0 Å². The minimum Gasteiger partial charge on any atom is -0.497 e. The van der Waals surface area contributed by atoms with Gasteiger partial charge < -0.3 is 14.8 Å². The molecular formula is C24H19N5O2. The first-order valence-electron chi connectivity index (χ1n) is 10.0. The van der Waals surface area contributed by atoms with Gasteiger partial charge in [0.15, 0.2) is 0 Å². The van der Waals surface area contributed by atoms with E-state index in [9.17, 15) is 0 Å². The van der Waals surface area contributed by atoms with E-state index in [0.29, 0.717) is 5.95 Å². The van der Waals surface area contributed by atoms with Crippen LogP contribution in [0, 0.1) is 0 Å². The van der Waals surface area contributed by atoms with Crippen LogP contribution in [0.1, 0.15) is 28.8 Å². The number of ether oxygens (including phenoxy) is 2. The van der Waals surface area contributed by atoms with Crippen molar-refractivity contribution in [3.63, 3.8) is 0 Å². The average molecular weight is 409 g/mol. The quantitative estimate of drug-likeness (QED) is 0.546. The van der Waals surface area contributed by atoms with Crippen LogP contribution < -0.4 is 14.8 Å². The van der Waals surface area contributed by atoms with Crippen molar-refractivity contribution < 1.29 is 9.47 Å². The summed E-state index contributed by atoms with van der Waals surface area (Å²) in [5, 5.41) is 8.02. The number of rotatable bonds is 3. The summed E-state index contributed by atoms with van der Waals surface area (Å²) in [6, 6.07) is 19.8. The number of aromatic nitrogens is 4. The van der Waals surface area contributed by atoms with E-state index in [0.717, 1.165) is 39.5 Å². The minimum atomic E-state index is -0.314. The summed E-state index contributed by atoms with van der Waals surface area (Å²) in [6.07, 6.45) is 4.90. The fraction of sp³-hybridized carbons (Fsp3) is 0.125. The predicted octanol–water partition coefficient (Wildman–Crippen LogP) is 4.24. The van der Waals surface area contributed by atoms with E-state index in [4.69, 9.17) is 9.47 Å². The van der Waals surface area contributed by atoms with Gasteiger partial charge in [0.1, 0.15) is 30.0 Å². The Kier molecular flexibility index (Phi) is 3.99. The molecule has 7 heteroatoms. The first-order valence-corrected chi connectivity index (χ1v) is 10.0. The van der Waals surface area contributed by atoms with Gasteiger partial charge in [-0.3, -0.25) is 4.98 Å². The number of pyridine rings is 1. The molecule has 0 radical (unpaired) electrons. The zero-order valence-electron chi connectivity index (χ0n) is 16.8. The number of methoxy groups -OCH3 is 1. The standard InChI is InChI=1S/C24H19N5O2/c1-30-17-10-8-15(9-11-17)23-20-21(18-6-2-3-7-19(18)31-23)28-24-26-14-27-29(24)22(20)16-5-4-12-25-13-16/h2-14,22-23H,1H3,(H,26,27,28)/t22-,23+/m1/s1. The second-order valence-electron chi connectivity index (χ2n) is 7.44. The van der Waals surface area contributed by atoms with E-state index >= 15 is 0 Å². The molecule has 0 spiro atoms. The molecule has 4 heterocycles. The Hall–Kier alpha value is -4.13. The Bertz CT molecular complexity index is 1280. The molecule has 2 aromatic heterocycles. The molecular weight excluding hydrogens is 390 g/mol. The first-order chi connectivity index (χ1) is 15.3. The van der Waals surface area contributed by atoms with E-state index in [-0.39, 0.29) is 12.1 Å². The lowest BCUT2D eigenvalue weighted by Crippen LogP contribution is -2.32. The van der Waals surface area contributed by atoms with Crippen molar-refractivity contribution in [3.8, 4) is 11.5 Å². The Morgan fingerprint density at radius 2 is 1.87 bits per heavy atom. The SMILES string of the molecule is COc1ccc([C@@H]2Oc3ccccc3C3=C2[C@@H](c2cccnc2)n2ncnc2N3)cc1. The highest BCUT2D eigenvalue weighted by Gasteiger charge is 2.40. The molecule has 152 valence electrons. The van der Waals surface area contributed by atoms with Crippen LogP contribution in [0.5, 0.6) is 11.5 Å². The average Bonchev–Trinajstić information content (AvgIpc) is 3.31. The highest BCUT2D eigenvalue weighted by molar-refractivity contribution is 5.85. The molecule has 7 nitrogen and oxygen atoms in total. The number of para-hydroxylation sites is 1. The molecule has 0 aliphatic carbocycles. The van der Waals surface area contributed by atoms with Crippen molar-refractivity contribution in [2.75, 3.05) is 12.4 Å². The third-order valence-corrected chi connectivity index (χ3v) is 5.74. The molecule has 0 fully saturated rings. The number of nitrogens with zero attached hydrogens (tertiary/aromatic N) is 4. The third kappa shape index (κ3) is 2.78. The third-order valence-electron chi connectivity index (χ3n) is 5.74. The number of benzene rings is 2. The first kappa shape index (κ1) is 17.7. The molecule has 2 aliphatic heterocycles. The molecule has 0 unspecified atom stereocenters. The van der Waals surface area contributed by atoms with Gasteiger partial charge in [-0.2, -0.15) is 10.1 Å². The summed E-state index contributed by atoms with van der Waals surface area (Å²) in [7, 11) is 1.67. The minimum absolute atomic E-state index is 0.206. The van der Waals surface area contributed by atoms with Gasteiger partial charge in [-0.25, -0.2) is 4.68 Å². The largest absolute Gasteiger partial charge is 0.497 e. The highest BCUT2D eigenvalue weighted by Crippen LogP contribution is 2.50. The highest BCUT2D eigenvalue weighted by atomic mass is 16.5. The van der Waals surface area contributed by atoms with Gasteiger partial charge in [0, 0.05) is 23.5 Å². The van der Waals surface area contributed by atoms with E-state index in [1.807, 2.05) is 59.4 Å². The van der Waals surface area contributed by atoms with Crippen LogP contribution in [0.15, 0.2) is 85.0 Å². The monoisotopic (exact) mass is 409 g/mol. The molecule has 0 amide bonds. The molecule has 4 aromatic rings. The van der Waals surface area contributed by atoms with Crippen LogP contribution in [0.25, 0.3) is 5.70 Å². The van der Waals surface area contributed by atoms with Crippen LogP contribution in [-0.4, -0.2) is 26.9 Å². The lowest BCUT2D eigenvalue weighted by atomic mass is 9.85. The molecule has 2 aromatic carbocycles. The molecule has 31 heavy (non-hydrogen) atoms. The van der Waals surface area contributed by atoms with E-state index in [2.05, 4.69) is 32.5 Å². The van der Waals surface area contributed by atoms with Gasteiger partial charge in [0.2, 0.25) is 5.95 Å². The Morgan fingerprint density at radius 1 is 1.00 bits per heavy atom. The van der Waals surface area contributed by atoms with Crippen molar-refractivity contribution >= 4 is 11.6 Å².